The van der Waals surface area contributed by atoms with Crippen LogP contribution in [-0.2, 0) is 4.74 Å². The van der Waals surface area contributed by atoms with Gasteiger partial charge < -0.3 is 15.0 Å². The van der Waals surface area contributed by atoms with Crippen LogP contribution in [0.15, 0.2) is 30.3 Å². The Morgan fingerprint density at radius 1 is 1.22 bits per heavy atom. The molecule has 122 valence electrons. The maximum Gasteiger partial charge on any atom is 0.339 e. The lowest BCUT2D eigenvalue weighted by Gasteiger charge is -2.10. The zero-order valence-corrected chi connectivity index (χ0v) is 14.0. The van der Waals surface area contributed by atoms with Gasteiger partial charge in [0.2, 0.25) is 5.78 Å². The summed E-state index contributed by atoms with van der Waals surface area (Å²) < 4.78 is 4.77. The van der Waals surface area contributed by atoms with Crippen LogP contribution >= 0.6 is 0 Å². The Morgan fingerprint density at radius 2 is 1.87 bits per heavy atom. The van der Waals surface area contributed by atoms with Crippen molar-refractivity contribution in [1.29, 1.82) is 0 Å². The first-order valence-corrected chi connectivity index (χ1v) is 7.64. The summed E-state index contributed by atoms with van der Waals surface area (Å²) in [7, 11) is 1.34. The average Bonchev–Trinajstić information content (AvgIpc) is 2.87. The van der Waals surface area contributed by atoms with E-state index in [1.807, 2.05) is 35.6 Å². The Kier molecular flexibility index (Phi) is 5.34. The number of carbonyl (C=O) groups is 2. The van der Waals surface area contributed by atoms with E-state index in [0.29, 0.717) is 29.1 Å². The van der Waals surface area contributed by atoms with Gasteiger partial charge in [0.1, 0.15) is 12.6 Å². The second-order valence-corrected chi connectivity index (χ2v) is 5.68. The highest BCUT2D eigenvalue weighted by molar-refractivity contribution is 6.01. The Morgan fingerprint density at radius 3 is 2.48 bits per heavy atom. The third kappa shape index (κ3) is 3.68. The molecule has 0 fully saturated rings. The number of aromatic nitrogens is 1. The molecule has 3 N–H and O–H groups in total. The number of hydrogen-bond acceptors (Lipinski definition) is 3. The van der Waals surface area contributed by atoms with Gasteiger partial charge in [-0.3, -0.25) is 4.79 Å². The van der Waals surface area contributed by atoms with Crippen molar-refractivity contribution in [3.8, 4) is 0 Å². The molecule has 0 amide bonds. The topological polar surface area (TPSA) is 75.8 Å². The molecule has 0 spiro atoms. The number of nitrogens with two attached hydrogens (primary N) is 1. The van der Waals surface area contributed by atoms with Crippen LogP contribution in [0.3, 0.4) is 0 Å². The molecule has 0 aliphatic rings. The maximum absolute atomic E-state index is 12.5. The third-order valence-corrected chi connectivity index (χ3v) is 4.09. The summed E-state index contributed by atoms with van der Waals surface area (Å²) in [5.41, 5.74) is 3.43. The van der Waals surface area contributed by atoms with E-state index in [0.717, 1.165) is 0 Å². The molecule has 0 radical (unpaired) electrons. The fourth-order valence-corrected chi connectivity index (χ4v) is 2.72. The second-order valence-electron chi connectivity index (χ2n) is 5.68. The number of H-pyrrole nitrogens is 1. The number of quaternary nitrogens is 1. The Bertz CT molecular complexity index is 705. The van der Waals surface area contributed by atoms with Crippen molar-refractivity contribution in [3.63, 3.8) is 0 Å². The minimum atomic E-state index is -0.420. The van der Waals surface area contributed by atoms with Gasteiger partial charge in [-0.2, -0.15) is 0 Å². The lowest BCUT2D eigenvalue weighted by atomic mass is 10.1. The van der Waals surface area contributed by atoms with Crippen molar-refractivity contribution < 1.29 is 19.6 Å². The van der Waals surface area contributed by atoms with E-state index in [1.165, 1.54) is 12.7 Å². The number of ketones is 1. The zero-order valence-electron chi connectivity index (χ0n) is 14.0. The fraction of sp³-hybridized carbons (Fsp3) is 0.333. The van der Waals surface area contributed by atoms with Crippen LogP contribution in [0.1, 0.15) is 50.6 Å². The molecule has 5 nitrogen and oxygen atoms in total. The van der Waals surface area contributed by atoms with Gasteiger partial charge >= 0.3 is 5.97 Å². The number of carbonyl (C=O) groups excluding carboxylic acids is 2. The molecule has 0 unspecified atom stereocenters. The number of nitrogens with one attached hydrogen (secondary N) is 1. The third-order valence-electron chi connectivity index (χ3n) is 4.09. The highest BCUT2D eigenvalue weighted by Gasteiger charge is 2.23. The van der Waals surface area contributed by atoms with Crippen LogP contribution < -0.4 is 5.32 Å². The highest BCUT2D eigenvalue weighted by Crippen LogP contribution is 2.19. The van der Waals surface area contributed by atoms with Crippen LogP contribution in [0.4, 0.5) is 0 Å². The molecule has 1 heterocycles. The van der Waals surface area contributed by atoms with Gasteiger partial charge in [-0.1, -0.05) is 30.3 Å². The number of hydrogen-bond donors (Lipinski definition) is 2. The van der Waals surface area contributed by atoms with E-state index >= 15 is 0 Å². The number of aryl methyl sites for hydroxylation is 1. The number of esters is 1. The highest BCUT2D eigenvalue weighted by atomic mass is 16.5. The Hall–Kier alpha value is -2.40. The van der Waals surface area contributed by atoms with Crippen LogP contribution in [0.5, 0.6) is 0 Å². The van der Waals surface area contributed by atoms with E-state index in [9.17, 15) is 9.59 Å². The van der Waals surface area contributed by atoms with E-state index in [-0.39, 0.29) is 11.8 Å². The van der Waals surface area contributed by atoms with Crippen LogP contribution in [0.25, 0.3) is 0 Å². The molecule has 0 bridgehead atoms. The first kappa shape index (κ1) is 17.0. The van der Waals surface area contributed by atoms with Gasteiger partial charge in [0, 0.05) is 11.3 Å². The molecule has 23 heavy (non-hydrogen) atoms. The molecular formula is C18H23N2O3+. The fourth-order valence-electron chi connectivity index (χ4n) is 2.72. The predicted molar refractivity (Wildman–Crippen MR) is 87.6 cm³/mol. The molecule has 0 aliphatic carbocycles. The lowest BCUT2D eigenvalue weighted by molar-refractivity contribution is -0.681. The standard InChI is InChI=1S/C18H22N2O3/c1-11-16(18(22)23-4)13(3)20-17(11)15(21)10-19-12(2)14-8-6-5-7-9-14/h5-9,12,19-20H,10H2,1-4H3/p+1/t12-/m0/s1. The zero-order chi connectivity index (χ0) is 17.0. The van der Waals surface area contributed by atoms with Gasteiger partial charge in [-0.25, -0.2) is 4.79 Å². The van der Waals surface area contributed by atoms with Gasteiger partial charge in [-0.05, 0) is 26.3 Å². The molecule has 2 rings (SSSR count). The van der Waals surface area contributed by atoms with Gasteiger partial charge in [0.25, 0.3) is 0 Å². The Balaban J connectivity index is 2.08. The monoisotopic (exact) mass is 315 g/mol. The number of benzene rings is 1. The van der Waals surface area contributed by atoms with Gasteiger partial charge in [0.15, 0.2) is 0 Å². The number of Topliss-reactive ketones (excluding diaryl/α,β-unsaturated/α-hetero) is 1. The number of methoxy groups -OCH3 is 1. The summed E-state index contributed by atoms with van der Waals surface area (Å²) in [5.74, 6) is -0.444. The molecule has 5 heteroatoms. The van der Waals surface area contributed by atoms with Gasteiger partial charge in [-0.15, -0.1) is 0 Å². The predicted octanol–water partition coefficient (Wildman–Crippen LogP) is 1.93. The quantitative estimate of drug-likeness (QED) is 0.632. The smallest absolute Gasteiger partial charge is 0.339 e. The van der Waals surface area contributed by atoms with E-state index < -0.39 is 5.97 Å². The molecule has 1 aromatic heterocycles. The summed E-state index contributed by atoms with van der Waals surface area (Å²) in [4.78, 5) is 27.3. The van der Waals surface area contributed by atoms with Crippen LogP contribution in [-0.4, -0.2) is 30.4 Å². The summed E-state index contributed by atoms with van der Waals surface area (Å²) in [6, 6.07) is 10.2. The Labute approximate surface area is 136 Å². The summed E-state index contributed by atoms with van der Waals surface area (Å²) in [6.45, 7) is 5.92. The first-order valence-electron chi connectivity index (χ1n) is 7.64. The van der Waals surface area contributed by atoms with Crippen molar-refractivity contribution in [2.45, 2.75) is 26.8 Å². The number of ether oxygens (including phenoxy) is 1. The molecule has 1 atom stereocenters. The van der Waals surface area contributed by atoms with Crippen molar-refractivity contribution >= 4 is 11.8 Å². The second kappa shape index (κ2) is 7.24. The largest absolute Gasteiger partial charge is 0.465 e. The summed E-state index contributed by atoms with van der Waals surface area (Å²) in [5, 5.41) is 1.99. The molecule has 0 aliphatic heterocycles. The van der Waals surface area contributed by atoms with E-state index in [2.05, 4.69) is 11.9 Å². The normalized spacial score (nSPS) is 12.0. The van der Waals surface area contributed by atoms with Crippen LogP contribution in [0, 0.1) is 13.8 Å². The molecule has 0 saturated carbocycles. The average molecular weight is 315 g/mol. The SMILES string of the molecule is COC(=O)c1c(C)[nH]c(C(=O)C[NH2+][C@@H](C)c2ccccc2)c1C. The van der Waals surface area contributed by atoms with Gasteiger partial charge in [0.05, 0.1) is 18.4 Å². The van der Waals surface area contributed by atoms with E-state index in [1.54, 1.807) is 13.8 Å². The number of aromatic amines is 1. The first-order chi connectivity index (χ1) is 11.0. The van der Waals surface area contributed by atoms with Crippen LogP contribution in [0.2, 0.25) is 0 Å². The van der Waals surface area contributed by atoms with Crippen molar-refractivity contribution in [2.24, 2.45) is 0 Å². The lowest BCUT2D eigenvalue weighted by Crippen LogP contribution is -2.86. The van der Waals surface area contributed by atoms with E-state index in [4.69, 9.17) is 4.74 Å². The number of rotatable bonds is 6. The summed E-state index contributed by atoms with van der Waals surface area (Å²) >= 11 is 0. The van der Waals surface area contributed by atoms with Crippen molar-refractivity contribution in [3.05, 3.63) is 58.4 Å². The molecule has 1 aromatic carbocycles. The van der Waals surface area contributed by atoms with Crippen molar-refractivity contribution in [1.82, 2.24) is 4.98 Å². The maximum atomic E-state index is 12.5. The minimum absolute atomic E-state index is 0.0245. The molecular weight excluding hydrogens is 292 g/mol. The summed E-state index contributed by atoms with van der Waals surface area (Å²) in [6.07, 6.45) is 0. The minimum Gasteiger partial charge on any atom is -0.465 e. The molecule has 2 aromatic rings. The van der Waals surface area contributed by atoms with Crippen molar-refractivity contribution in [2.75, 3.05) is 13.7 Å². The molecule has 0 saturated heterocycles.